The molecular formula is C17H13NO3. The molecule has 0 aliphatic carbocycles. The Balaban J connectivity index is 1.96. The molecular weight excluding hydrogens is 266 g/mol. The van der Waals surface area contributed by atoms with Crippen molar-refractivity contribution in [1.82, 2.24) is 0 Å². The van der Waals surface area contributed by atoms with E-state index in [0.29, 0.717) is 22.4 Å². The summed E-state index contributed by atoms with van der Waals surface area (Å²) in [6.45, 7) is 1.47. The van der Waals surface area contributed by atoms with Gasteiger partial charge in [-0.15, -0.1) is 0 Å². The van der Waals surface area contributed by atoms with Gasteiger partial charge in [-0.25, -0.2) is 0 Å². The summed E-state index contributed by atoms with van der Waals surface area (Å²) in [5.41, 5.74) is 2.09. The van der Waals surface area contributed by atoms with E-state index in [-0.39, 0.29) is 11.7 Å². The van der Waals surface area contributed by atoms with Gasteiger partial charge in [-0.1, -0.05) is 30.3 Å². The van der Waals surface area contributed by atoms with Crippen molar-refractivity contribution in [1.29, 1.82) is 0 Å². The molecule has 0 aliphatic rings. The van der Waals surface area contributed by atoms with E-state index in [1.807, 2.05) is 18.2 Å². The number of carbonyl (C=O) groups is 2. The average Bonchev–Trinajstić information content (AvgIpc) is 2.91. The number of rotatable bonds is 3. The Morgan fingerprint density at radius 2 is 1.67 bits per heavy atom. The van der Waals surface area contributed by atoms with Crippen molar-refractivity contribution in [2.75, 3.05) is 5.32 Å². The fourth-order valence-electron chi connectivity index (χ4n) is 2.24. The molecule has 4 heteroatoms. The number of amides is 1. The predicted molar refractivity (Wildman–Crippen MR) is 80.6 cm³/mol. The minimum Gasteiger partial charge on any atom is -0.463 e. The lowest BCUT2D eigenvalue weighted by atomic mass is 10.1. The van der Waals surface area contributed by atoms with Crippen LogP contribution in [0.5, 0.6) is 0 Å². The number of hydrogen-bond donors (Lipinski definition) is 1. The summed E-state index contributed by atoms with van der Waals surface area (Å²) in [7, 11) is 0. The largest absolute Gasteiger partial charge is 0.463 e. The van der Waals surface area contributed by atoms with Crippen LogP contribution in [0.15, 0.2) is 59.2 Å². The quantitative estimate of drug-likeness (QED) is 0.740. The first-order valence-corrected chi connectivity index (χ1v) is 6.54. The molecule has 1 aromatic heterocycles. The third-order valence-corrected chi connectivity index (χ3v) is 3.28. The number of furan rings is 1. The zero-order valence-electron chi connectivity index (χ0n) is 11.4. The van der Waals surface area contributed by atoms with E-state index in [0.717, 1.165) is 5.39 Å². The van der Waals surface area contributed by atoms with Crippen LogP contribution in [-0.2, 0) is 0 Å². The SMILES string of the molecule is CC(=O)c1ccccc1NC(=O)c1coc2ccccc12. The van der Waals surface area contributed by atoms with Gasteiger partial charge in [0.15, 0.2) is 5.78 Å². The van der Waals surface area contributed by atoms with Gasteiger partial charge >= 0.3 is 0 Å². The molecule has 4 nitrogen and oxygen atoms in total. The van der Waals surface area contributed by atoms with Gasteiger partial charge in [0.2, 0.25) is 0 Å². The number of carbonyl (C=O) groups excluding carboxylic acids is 2. The lowest BCUT2D eigenvalue weighted by molar-refractivity contribution is 0.101. The van der Waals surface area contributed by atoms with E-state index in [2.05, 4.69) is 5.32 Å². The van der Waals surface area contributed by atoms with E-state index in [4.69, 9.17) is 4.42 Å². The Morgan fingerprint density at radius 1 is 0.952 bits per heavy atom. The van der Waals surface area contributed by atoms with Gasteiger partial charge in [-0.3, -0.25) is 9.59 Å². The van der Waals surface area contributed by atoms with Gasteiger partial charge in [0.1, 0.15) is 11.8 Å². The molecule has 0 radical (unpaired) electrons. The van der Waals surface area contributed by atoms with Crippen LogP contribution in [0.1, 0.15) is 27.6 Å². The molecule has 0 bridgehead atoms. The van der Waals surface area contributed by atoms with Crippen molar-refractivity contribution >= 4 is 28.3 Å². The molecule has 0 unspecified atom stereocenters. The Labute approximate surface area is 121 Å². The number of Topliss-reactive ketones (excluding diaryl/α,β-unsaturated/α-hetero) is 1. The van der Waals surface area contributed by atoms with Crippen LogP contribution in [0.2, 0.25) is 0 Å². The molecule has 104 valence electrons. The Kier molecular flexibility index (Phi) is 3.28. The minimum atomic E-state index is -0.298. The number of benzene rings is 2. The summed E-state index contributed by atoms with van der Waals surface area (Å²) in [6, 6.07) is 14.2. The smallest absolute Gasteiger partial charge is 0.259 e. The maximum atomic E-state index is 12.4. The predicted octanol–water partition coefficient (Wildman–Crippen LogP) is 3.89. The van der Waals surface area contributed by atoms with Crippen LogP contribution in [0.3, 0.4) is 0 Å². The van der Waals surface area contributed by atoms with Gasteiger partial charge in [-0.2, -0.15) is 0 Å². The molecule has 0 atom stereocenters. The van der Waals surface area contributed by atoms with Crippen molar-refractivity contribution < 1.29 is 14.0 Å². The Hall–Kier alpha value is -2.88. The molecule has 2 aromatic carbocycles. The molecule has 1 amide bonds. The summed E-state index contributed by atoms with van der Waals surface area (Å²) in [6.07, 6.45) is 1.43. The molecule has 1 N–H and O–H groups in total. The Morgan fingerprint density at radius 3 is 2.48 bits per heavy atom. The fraction of sp³-hybridized carbons (Fsp3) is 0.0588. The fourth-order valence-corrected chi connectivity index (χ4v) is 2.24. The number of ketones is 1. The highest BCUT2D eigenvalue weighted by molar-refractivity contribution is 6.14. The van der Waals surface area contributed by atoms with E-state index in [9.17, 15) is 9.59 Å². The van der Waals surface area contributed by atoms with Crippen LogP contribution in [0, 0.1) is 0 Å². The first-order chi connectivity index (χ1) is 10.2. The number of fused-ring (bicyclic) bond motifs is 1. The van der Waals surface area contributed by atoms with Gasteiger partial charge in [-0.05, 0) is 25.1 Å². The van der Waals surface area contributed by atoms with Gasteiger partial charge in [0.05, 0.1) is 11.3 Å². The van der Waals surface area contributed by atoms with Crippen LogP contribution < -0.4 is 5.32 Å². The molecule has 0 saturated carbocycles. The van der Waals surface area contributed by atoms with E-state index < -0.39 is 0 Å². The second kappa shape index (κ2) is 5.25. The van der Waals surface area contributed by atoms with Crippen molar-refractivity contribution in [3.05, 3.63) is 65.9 Å². The van der Waals surface area contributed by atoms with Crippen LogP contribution in [-0.4, -0.2) is 11.7 Å². The van der Waals surface area contributed by atoms with Crippen molar-refractivity contribution in [2.45, 2.75) is 6.92 Å². The number of para-hydroxylation sites is 2. The maximum Gasteiger partial charge on any atom is 0.259 e. The van der Waals surface area contributed by atoms with Crippen LogP contribution in [0.4, 0.5) is 5.69 Å². The summed E-state index contributed by atoms with van der Waals surface area (Å²) in [5, 5.41) is 3.51. The summed E-state index contributed by atoms with van der Waals surface area (Å²) < 4.78 is 5.36. The van der Waals surface area contributed by atoms with E-state index in [1.165, 1.54) is 13.2 Å². The highest BCUT2D eigenvalue weighted by Gasteiger charge is 2.15. The highest BCUT2D eigenvalue weighted by atomic mass is 16.3. The van der Waals surface area contributed by atoms with Gasteiger partial charge in [0.25, 0.3) is 5.91 Å². The lowest BCUT2D eigenvalue weighted by Gasteiger charge is -2.08. The molecule has 3 rings (SSSR count). The highest BCUT2D eigenvalue weighted by Crippen LogP contribution is 2.23. The van der Waals surface area contributed by atoms with E-state index >= 15 is 0 Å². The third kappa shape index (κ3) is 2.43. The van der Waals surface area contributed by atoms with Gasteiger partial charge in [0, 0.05) is 10.9 Å². The molecule has 0 spiro atoms. The first-order valence-electron chi connectivity index (χ1n) is 6.54. The molecule has 1 heterocycles. The second-order valence-electron chi connectivity index (χ2n) is 4.70. The van der Waals surface area contributed by atoms with Crippen LogP contribution in [0.25, 0.3) is 11.0 Å². The lowest BCUT2D eigenvalue weighted by Crippen LogP contribution is -2.13. The zero-order valence-corrected chi connectivity index (χ0v) is 11.4. The van der Waals surface area contributed by atoms with Crippen LogP contribution >= 0.6 is 0 Å². The standard InChI is InChI=1S/C17H13NO3/c1-11(19)12-6-2-4-8-15(12)18-17(20)14-10-21-16-9-5-3-7-13(14)16/h2-10H,1H3,(H,18,20). The van der Waals surface area contributed by atoms with Gasteiger partial charge < -0.3 is 9.73 Å². The van der Waals surface area contributed by atoms with Crippen molar-refractivity contribution in [2.24, 2.45) is 0 Å². The topological polar surface area (TPSA) is 59.3 Å². The number of anilines is 1. The summed E-state index contributed by atoms with van der Waals surface area (Å²) in [5.74, 6) is -0.392. The van der Waals surface area contributed by atoms with Crippen molar-refractivity contribution in [3.63, 3.8) is 0 Å². The summed E-state index contributed by atoms with van der Waals surface area (Å²) >= 11 is 0. The number of hydrogen-bond acceptors (Lipinski definition) is 3. The molecule has 0 aliphatic heterocycles. The van der Waals surface area contributed by atoms with E-state index in [1.54, 1.807) is 30.3 Å². The second-order valence-corrected chi connectivity index (χ2v) is 4.70. The minimum absolute atomic E-state index is 0.0945. The molecule has 3 aromatic rings. The average molecular weight is 279 g/mol. The normalized spacial score (nSPS) is 10.5. The maximum absolute atomic E-state index is 12.4. The third-order valence-electron chi connectivity index (χ3n) is 3.28. The monoisotopic (exact) mass is 279 g/mol. The molecule has 0 fully saturated rings. The van der Waals surface area contributed by atoms with Crippen molar-refractivity contribution in [3.8, 4) is 0 Å². The molecule has 21 heavy (non-hydrogen) atoms. The first kappa shape index (κ1) is 13.1. The zero-order chi connectivity index (χ0) is 14.8. The summed E-state index contributed by atoms with van der Waals surface area (Å²) in [4.78, 5) is 24.0. The Bertz CT molecular complexity index is 833. The molecule has 0 saturated heterocycles. The number of nitrogens with one attached hydrogen (secondary N) is 1.